The van der Waals surface area contributed by atoms with Gasteiger partial charge in [0.05, 0.1) is 11.5 Å². The highest BCUT2D eigenvalue weighted by Crippen LogP contribution is 2.20. The highest BCUT2D eigenvalue weighted by Gasteiger charge is 2.16. The van der Waals surface area contributed by atoms with Crippen LogP contribution in [0.2, 0.25) is 5.02 Å². The topological polar surface area (TPSA) is 72.5 Å². The van der Waals surface area contributed by atoms with E-state index in [1.807, 2.05) is 0 Å². The number of rotatable bonds is 9. The second-order valence-electron chi connectivity index (χ2n) is 4.77. The fourth-order valence-corrected chi connectivity index (χ4v) is 3.41. The van der Waals surface area contributed by atoms with E-state index in [1.165, 1.54) is 6.07 Å². The second-order valence-corrected chi connectivity index (χ2v) is 7.37. The molecular weight excluding hydrogens is 333 g/mol. The summed E-state index contributed by atoms with van der Waals surface area (Å²) < 4.78 is 41.7. The van der Waals surface area contributed by atoms with Crippen LogP contribution in [0.4, 0.5) is 4.39 Å². The molecule has 0 unspecified atom stereocenters. The number of halogens is 2. The van der Waals surface area contributed by atoms with Crippen LogP contribution in [-0.4, -0.2) is 40.3 Å². The molecule has 0 heterocycles. The first-order valence-electron chi connectivity index (χ1n) is 6.74. The molecule has 5 nitrogen and oxygen atoms in total. The highest BCUT2D eigenvalue weighted by molar-refractivity contribution is 7.90. The summed E-state index contributed by atoms with van der Waals surface area (Å²) in [4.78, 5) is 11.5. The maximum absolute atomic E-state index is 12.9. The molecule has 1 aromatic carbocycles. The minimum absolute atomic E-state index is 0.0626. The molecule has 8 heteroatoms. The average molecular weight is 352 g/mol. The number of hydrogen-bond acceptors (Lipinski definition) is 4. The zero-order valence-electron chi connectivity index (χ0n) is 12.3. The Bertz CT molecular complexity index is 607. The van der Waals surface area contributed by atoms with Gasteiger partial charge in [-0.3, -0.25) is 4.79 Å². The summed E-state index contributed by atoms with van der Waals surface area (Å²) in [6.45, 7) is 0.970. The van der Waals surface area contributed by atoms with Crippen molar-refractivity contribution in [3.05, 3.63) is 34.6 Å². The van der Waals surface area contributed by atoms with Gasteiger partial charge in [-0.2, -0.15) is 0 Å². The van der Waals surface area contributed by atoms with Crippen LogP contribution < -0.4 is 5.32 Å². The number of methoxy groups -OCH3 is 1. The molecule has 0 spiro atoms. The van der Waals surface area contributed by atoms with Gasteiger partial charge in [0.25, 0.3) is 0 Å². The smallest absolute Gasteiger partial charge is 0.221 e. The van der Waals surface area contributed by atoms with Crippen molar-refractivity contribution in [1.82, 2.24) is 5.32 Å². The number of hydrogen-bond donors (Lipinski definition) is 1. The molecule has 1 rings (SSSR count). The Labute approximate surface area is 134 Å². The molecule has 0 atom stereocenters. The zero-order valence-corrected chi connectivity index (χ0v) is 13.8. The molecular formula is C14H19ClFNO4S. The summed E-state index contributed by atoms with van der Waals surface area (Å²) in [7, 11) is -1.93. The van der Waals surface area contributed by atoms with E-state index >= 15 is 0 Å². The number of carbonyl (C=O) groups is 1. The summed E-state index contributed by atoms with van der Waals surface area (Å²) in [6, 6.07) is 3.55. The van der Waals surface area contributed by atoms with Gasteiger partial charge in [-0.15, -0.1) is 0 Å². The molecule has 0 radical (unpaired) electrons. The SMILES string of the molecule is COCCCNC(=O)CCS(=O)(=O)Cc1ccc(F)cc1Cl. The van der Waals surface area contributed by atoms with Crippen molar-refractivity contribution in [3.8, 4) is 0 Å². The van der Waals surface area contributed by atoms with E-state index in [0.717, 1.165) is 12.1 Å². The summed E-state index contributed by atoms with van der Waals surface area (Å²) in [5, 5.41) is 2.68. The van der Waals surface area contributed by atoms with E-state index in [-0.39, 0.29) is 28.9 Å². The van der Waals surface area contributed by atoms with Crippen LogP contribution in [-0.2, 0) is 25.1 Å². The molecule has 0 saturated heterocycles. The van der Waals surface area contributed by atoms with E-state index < -0.39 is 15.7 Å². The van der Waals surface area contributed by atoms with E-state index in [1.54, 1.807) is 7.11 Å². The van der Waals surface area contributed by atoms with Gasteiger partial charge >= 0.3 is 0 Å². The van der Waals surface area contributed by atoms with Gasteiger partial charge in [-0.25, -0.2) is 12.8 Å². The molecule has 0 bridgehead atoms. The average Bonchev–Trinajstić information content (AvgIpc) is 2.45. The van der Waals surface area contributed by atoms with Gasteiger partial charge in [0.2, 0.25) is 5.91 Å². The predicted octanol–water partition coefficient (Wildman–Crippen LogP) is 1.94. The molecule has 0 aliphatic carbocycles. The molecule has 0 aliphatic rings. The summed E-state index contributed by atoms with van der Waals surface area (Å²) in [5.74, 6) is -1.45. The highest BCUT2D eigenvalue weighted by atomic mass is 35.5. The first-order chi connectivity index (χ1) is 10.3. The molecule has 0 saturated carbocycles. The maximum atomic E-state index is 12.9. The Kier molecular flexibility index (Phi) is 7.78. The van der Waals surface area contributed by atoms with Crippen molar-refractivity contribution >= 4 is 27.3 Å². The summed E-state index contributed by atoms with van der Waals surface area (Å²) in [6.07, 6.45) is 0.550. The zero-order chi connectivity index (χ0) is 16.6. The van der Waals surface area contributed by atoms with Gasteiger partial charge in [0.15, 0.2) is 9.84 Å². The lowest BCUT2D eigenvalue weighted by Crippen LogP contribution is -2.27. The lowest BCUT2D eigenvalue weighted by Gasteiger charge is -2.07. The quantitative estimate of drug-likeness (QED) is 0.690. The maximum Gasteiger partial charge on any atom is 0.221 e. The van der Waals surface area contributed by atoms with Crippen LogP contribution in [0.3, 0.4) is 0 Å². The number of amides is 1. The molecule has 0 fully saturated rings. The number of carbonyl (C=O) groups excluding carboxylic acids is 1. The molecule has 0 aromatic heterocycles. The van der Waals surface area contributed by atoms with E-state index in [2.05, 4.69) is 5.32 Å². The molecule has 22 heavy (non-hydrogen) atoms. The third kappa shape index (κ3) is 7.20. The number of nitrogens with one attached hydrogen (secondary N) is 1. The van der Waals surface area contributed by atoms with Crippen molar-refractivity contribution in [3.63, 3.8) is 0 Å². The number of benzene rings is 1. The monoisotopic (exact) mass is 351 g/mol. The molecule has 124 valence electrons. The van der Waals surface area contributed by atoms with Crippen LogP contribution in [0.15, 0.2) is 18.2 Å². The normalized spacial score (nSPS) is 11.4. The van der Waals surface area contributed by atoms with E-state index in [0.29, 0.717) is 25.1 Å². The van der Waals surface area contributed by atoms with Crippen molar-refractivity contribution in [2.45, 2.75) is 18.6 Å². The lowest BCUT2D eigenvalue weighted by molar-refractivity contribution is -0.120. The van der Waals surface area contributed by atoms with Gasteiger partial charge in [0.1, 0.15) is 5.82 Å². The minimum Gasteiger partial charge on any atom is -0.385 e. The molecule has 1 N–H and O–H groups in total. The second kappa shape index (κ2) is 9.07. The third-order valence-electron chi connectivity index (χ3n) is 2.88. The molecule has 1 amide bonds. The predicted molar refractivity (Wildman–Crippen MR) is 83.0 cm³/mol. The minimum atomic E-state index is -3.49. The fraction of sp³-hybridized carbons (Fsp3) is 0.500. The van der Waals surface area contributed by atoms with Gasteiger partial charge in [-0.05, 0) is 24.1 Å². The summed E-state index contributed by atoms with van der Waals surface area (Å²) >= 11 is 5.80. The first kappa shape index (κ1) is 18.9. The van der Waals surface area contributed by atoms with Crippen molar-refractivity contribution in [2.24, 2.45) is 0 Å². The van der Waals surface area contributed by atoms with Gasteiger partial charge in [-0.1, -0.05) is 17.7 Å². The Hall–Kier alpha value is -1.18. The van der Waals surface area contributed by atoms with Crippen molar-refractivity contribution < 1.29 is 22.3 Å². The first-order valence-corrected chi connectivity index (χ1v) is 8.94. The van der Waals surface area contributed by atoms with Crippen LogP contribution >= 0.6 is 11.6 Å². The third-order valence-corrected chi connectivity index (χ3v) is 4.81. The van der Waals surface area contributed by atoms with Crippen LogP contribution in [0.25, 0.3) is 0 Å². The number of sulfone groups is 1. The standard InChI is InChI=1S/C14H19ClFNO4S/c1-21-7-2-6-17-14(18)5-8-22(19,20)10-11-3-4-12(16)9-13(11)15/h3-4,9H,2,5-8,10H2,1H3,(H,17,18). The van der Waals surface area contributed by atoms with E-state index in [4.69, 9.17) is 16.3 Å². The van der Waals surface area contributed by atoms with Gasteiger partial charge in [0, 0.05) is 31.7 Å². The van der Waals surface area contributed by atoms with E-state index in [9.17, 15) is 17.6 Å². The van der Waals surface area contributed by atoms with Crippen molar-refractivity contribution in [2.75, 3.05) is 26.0 Å². The Morgan fingerprint density at radius 2 is 2.14 bits per heavy atom. The Morgan fingerprint density at radius 3 is 2.77 bits per heavy atom. The molecule has 1 aromatic rings. The molecule has 0 aliphatic heterocycles. The largest absolute Gasteiger partial charge is 0.385 e. The van der Waals surface area contributed by atoms with Crippen LogP contribution in [0, 0.1) is 5.82 Å². The Balaban J connectivity index is 2.45. The Morgan fingerprint density at radius 1 is 1.41 bits per heavy atom. The van der Waals surface area contributed by atoms with Crippen LogP contribution in [0.1, 0.15) is 18.4 Å². The number of ether oxygens (including phenoxy) is 1. The lowest BCUT2D eigenvalue weighted by atomic mass is 10.2. The fourth-order valence-electron chi connectivity index (χ4n) is 1.73. The van der Waals surface area contributed by atoms with Crippen molar-refractivity contribution in [1.29, 1.82) is 0 Å². The summed E-state index contributed by atoms with van der Waals surface area (Å²) in [5.41, 5.74) is 0.323. The van der Waals surface area contributed by atoms with Gasteiger partial charge < -0.3 is 10.1 Å². The van der Waals surface area contributed by atoms with Crippen LogP contribution in [0.5, 0.6) is 0 Å².